The second-order valence-electron chi connectivity index (χ2n) is 4.16. The first kappa shape index (κ1) is 14.9. The number of amides is 1. The molecule has 0 saturated carbocycles. The maximum Gasteiger partial charge on any atom is 0.282 e. The summed E-state index contributed by atoms with van der Waals surface area (Å²) in [5.74, 6) is -0.117. The molecule has 0 unspecified atom stereocenters. The number of unbranched alkanes of at least 4 members (excludes halogenated alkanes) is 3. The second-order valence-corrected chi connectivity index (χ2v) is 5.13. The first-order valence-corrected chi connectivity index (χ1v) is 7.45. The van der Waals surface area contributed by atoms with Crippen LogP contribution in [0.15, 0.2) is 0 Å². The number of anilines is 1. The number of carbonyl (C=O) groups excluding carboxylic acids is 1. The average molecular weight is 270 g/mol. The Morgan fingerprint density at radius 1 is 1.11 bits per heavy atom. The summed E-state index contributed by atoms with van der Waals surface area (Å²) in [6.45, 7) is 5.83. The van der Waals surface area contributed by atoms with E-state index in [0.717, 1.165) is 32.4 Å². The van der Waals surface area contributed by atoms with Crippen molar-refractivity contribution < 1.29 is 4.79 Å². The second kappa shape index (κ2) is 8.85. The summed E-state index contributed by atoms with van der Waals surface area (Å²) in [4.78, 5) is 11.7. The van der Waals surface area contributed by atoms with Gasteiger partial charge in [-0.15, -0.1) is 10.2 Å². The van der Waals surface area contributed by atoms with E-state index in [9.17, 15) is 4.79 Å². The van der Waals surface area contributed by atoms with E-state index in [1.54, 1.807) is 0 Å². The molecule has 18 heavy (non-hydrogen) atoms. The van der Waals surface area contributed by atoms with E-state index in [1.165, 1.54) is 24.2 Å². The Balaban J connectivity index is 2.26. The molecule has 0 aromatic carbocycles. The van der Waals surface area contributed by atoms with Crippen LogP contribution < -0.4 is 10.6 Å². The van der Waals surface area contributed by atoms with Crippen LogP contribution >= 0.6 is 11.3 Å². The predicted molar refractivity (Wildman–Crippen MR) is 75.2 cm³/mol. The van der Waals surface area contributed by atoms with Gasteiger partial charge in [0, 0.05) is 13.1 Å². The Kier molecular flexibility index (Phi) is 7.32. The van der Waals surface area contributed by atoms with Crippen LogP contribution in [0, 0.1) is 0 Å². The van der Waals surface area contributed by atoms with Gasteiger partial charge in [0.15, 0.2) is 0 Å². The highest BCUT2D eigenvalue weighted by Gasteiger charge is 2.11. The maximum atomic E-state index is 11.7. The van der Waals surface area contributed by atoms with Crippen molar-refractivity contribution in [1.82, 2.24) is 15.5 Å². The molecule has 0 bridgehead atoms. The monoisotopic (exact) mass is 270 g/mol. The zero-order chi connectivity index (χ0) is 13.2. The van der Waals surface area contributed by atoms with Gasteiger partial charge in [-0.3, -0.25) is 4.79 Å². The number of nitrogens with zero attached hydrogens (tertiary/aromatic N) is 2. The lowest BCUT2D eigenvalue weighted by atomic mass is 10.2. The first-order valence-electron chi connectivity index (χ1n) is 6.63. The van der Waals surface area contributed by atoms with Crippen LogP contribution in [0.2, 0.25) is 0 Å². The lowest BCUT2D eigenvalue weighted by Crippen LogP contribution is -2.24. The summed E-state index contributed by atoms with van der Waals surface area (Å²) in [7, 11) is 0. The molecule has 102 valence electrons. The van der Waals surface area contributed by atoms with E-state index in [4.69, 9.17) is 0 Å². The average Bonchev–Trinajstić information content (AvgIpc) is 2.84. The molecule has 1 heterocycles. The minimum absolute atomic E-state index is 0.117. The smallest absolute Gasteiger partial charge is 0.282 e. The molecule has 0 saturated heterocycles. The number of hydrogen-bond acceptors (Lipinski definition) is 5. The highest BCUT2D eigenvalue weighted by atomic mass is 32.1. The van der Waals surface area contributed by atoms with Crippen molar-refractivity contribution in [2.75, 3.05) is 18.4 Å². The summed E-state index contributed by atoms with van der Waals surface area (Å²) in [6, 6.07) is 0. The Bertz CT molecular complexity index is 354. The van der Waals surface area contributed by atoms with E-state index in [2.05, 4.69) is 34.7 Å². The topological polar surface area (TPSA) is 66.9 Å². The van der Waals surface area contributed by atoms with Crippen LogP contribution in [0.4, 0.5) is 5.13 Å². The molecule has 0 radical (unpaired) electrons. The zero-order valence-corrected chi connectivity index (χ0v) is 12.0. The molecule has 0 aliphatic heterocycles. The molecule has 1 rings (SSSR count). The van der Waals surface area contributed by atoms with Crippen molar-refractivity contribution >= 4 is 22.4 Å². The van der Waals surface area contributed by atoms with Gasteiger partial charge >= 0.3 is 0 Å². The summed E-state index contributed by atoms with van der Waals surface area (Å²) in [5.41, 5.74) is 0. The van der Waals surface area contributed by atoms with Crippen molar-refractivity contribution in [3.63, 3.8) is 0 Å². The Hall–Kier alpha value is -1.17. The number of aromatic nitrogens is 2. The molecule has 0 aliphatic rings. The molecule has 5 nitrogen and oxygen atoms in total. The van der Waals surface area contributed by atoms with Crippen molar-refractivity contribution in [3.8, 4) is 0 Å². The Labute approximate surface area is 112 Å². The Morgan fingerprint density at radius 2 is 1.94 bits per heavy atom. The van der Waals surface area contributed by atoms with Crippen LogP contribution in [0.1, 0.15) is 55.8 Å². The predicted octanol–water partition coefficient (Wildman–Crippen LogP) is 2.67. The molecule has 6 heteroatoms. The number of carbonyl (C=O) groups is 1. The van der Waals surface area contributed by atoms with E-state index in [-0.39, 0.29) is 5.91 Å². The normalized spacial score (nSPS) is 10.3. The third-order valence-electron chi connectivity index (χ3n) is 2.46. The third kappa shape index (κ3) is 5.44. The molecule has 0 aliphatic carbocycles. The highest BCUT2D eigenvalue weighted by Crippen LogP contribution is 2.14. The van der Waals surface area contributed by atoms with Crippen LogP contribution in [-0.2, 0) is 0 Å². The third-order valence-corrected chi connectivity index (χ3v) is 3.34. The standard InChI is InChI=1S/C12H22N4OS/c1-3-5-6-7-9-13-10(17)11-15-16-12(18-11)14-8-4-2/h3-9H2,1-2H3,(H,13,17)(H,14,16). The lowest BCUT2D eigenvalue weighted by molar-refractivity contribution is 0.0952. The van der Waals surface area contributed by atoms with Gasteiger partial charge in [0.2, 0.25) is 10.1 Å². The summed E-state index contributed by atoms with van der Waals surface area (Å²) >= 11 is 1.30. The number of nitrogens with one attached hydrogen (secondary N) is 2. The van der Waals surface area contributed by atoms with Crippen molar-refractivity contribution in [3.05, 3.63) is 5.01 Å². The summed E-state index contributed by atoms with van der Waals surface area (Å²) in [5, 5.41) is 14.9. The van der Waals surface area contributed by atoms with Crippen LogP contribution in [-0.4, -0.2) is 29.2 Å². The van der Waals surface area contributed by atoms with E-state index < -0.39 is 0 Å². The number of hydrogen-bond donors (Lipinski definition) is 2. The fraction of sp³-hybridized carbons (Fsp3) is 0.750. The fourth-order valence-electron chi connectivity index (χ4n) is 1.45. The molecule has 0 fully saturated rings. The van der Waals surface area contributed by atoms with Crippen molar-refractivity contribution in [2.45, 2.75) is 46.0 Å². The molecule has 0 atom stereocenters. The van der Waals surface area contributed by atoms with E-state index in [0.29, 0.717) is 10.1 Å². The van der Waals surface area contributed by atoms with Gasteiger partial charge in [-0.1, -0.05) is 44.4 Å². The Morgan fingerprint density at radius 3 is 2.67 bits per heavy atom. The minimum atomic E-state index is -0.117. The van der Waals surface area contributed by atoms with Gasteiger partial charge in [-0.25, -0.2) is 0 Å². The summed E-state index contributed by atoms with van der Waals surface area (Å²) < 4.78 is 0. The van der Waals surface area contributed by atoms with Gasteiger partial charge in [0.1, 0.15) is 0 Å². The zero-order valence-electron chi connectivity index (χ0n) is 11.2. The maximum absolute atomic E-state index is 11.7. The molecule has 1 amide bonds. The summed E-state index contributed by atoms with van der Waals surface area (Å²) in [6.07, 6.45) is 5.64. The van der Waals surface area contributed by atoms with Crippen LogP contribution in [0.25, 0.3) is 0 Å². The first-order chi connectivity index (χ1) is 8.77. The van der Waals surface area contributed by atoms with Gasteiger partial charge in [-0.05, 0) is 12.8 Å². The van der Waals surface area contributed by atoms with Gasteiger partial charge in [-0.2, -0.15) is 0 Å². The lowest BCUT2D eigenvalue weighted by Gasteiger charge is -2.01. The molecular formula is C12H22N4OS. The van der Waals surface area contributed by atoms with Crippen molar-refractivity contribution in [2.24, 2.45) is 0 Å². The molecule has 0 spiro atoms. The minimum Gasteiger partial charge on any atom is -0.360 e. The number of rotatable bonds is 9. The van der Waals surface area contributed by atoms with E-state index >= 15 is 0 Å². The highest BCUT2D eigenvalue weighted by molar-refractivity contribution is 7.17. The molecular weight excluding hydrogens is 248 g/mol. The molecule has 2 N–H and O–H groups in total. The van der Waals surface area contributed by atoms with Crippen LogP contribution in [0.5, 0.6) is 0 Å². The van der Waals surface area contributed by atoms with Crippen LogP contribution in [0.3, 0.4) is 0 Å². The van der Waals surface area contributed by atoms with Gasteiger partial charge in [0.05, 0.1) is 0 Å². The van der Waals surface area contributed by atoms with Crippen molar-refractivity contribution in [1.29, 1.82) is 0 Å². The SMILES string of the molecule is CCCCCCNC(=O)c1nnc(NCCC)s1. The van der Waals surface area contributed by atoms with E-state index in [1.807, 2.05) is 0 Å². The quantitative estimate of drug-likeness (QED) is 0.677. The molecule has 1 aromatic heterocycles. The largest absolute Gasteiger partial charge is 0.360 e. The van der Waals surface area contributed by atoms with Gasteiger partial charge in [0.25, 0.3) is 5.91 Å². The molecule has 1 aromatic rings. The van der Waals surface area contributed by atoms with Gasteiger partial charge < -0.3 is 10.6 Å². The fourth-order valence-corrected chi connectivity index (χ4v) is 2.13.